The second-order valence-corrected chi connectivity index (χ2v) is 6.32. The summed E-state index contributed by atoms with van der Waals surface area (Å²) in [6.45, 7) is 9.35. The second kappa shape index (κ2) is 9.80. The van der Waals surface area contributed by atoms with Crippen LogP contribution in [0.15, 0.2) is 28.8 Å². The van der Waals surface area contributed by atoms with E-state index in [1.165, 1.54) is 0 Å². The van der Waals surface area contributed by atoms with Crippen molar-refractivity contribution in [1.82, 2.24) is 10.1 Å². The van der Waals surface area contributed by atoms with Gasteiger partial charge in [0.15, 0.2) is 11.5 Å². The first-order valence-corrected chi connectivity index (χ1v) is 9.20. The van der Waals surface area contributed by atoms with E-state index in [1.807, 2.05) is 39.0 Å². The predicted molar refractivity (Wildman–Crippen MR) is 105 cm³/mol. The zero-order chi connectivity index (χ0) is 19.8. The summed E-state index contributed by atoms with van der Waals surface area (Å²) in [5.41, 5.74) is 2.62. The molecule has 0 unspecified atom stereocenters. The highest BCUT2D eigenvalue weighted by atomic mass is 16.5. The van der Waals surface area contributed by atoms with Crippen molar-refractivity contribution >= 4 is 12.0 Å². The number of benzene rings is 1. The Morgan fingerprint density at radius 2 is 2.00 bits per heavy atom. The third kappa shape index (κ3) is 5.61. The minimum atomic E-state index is -0.0979. The van der Waals surface area contributed by atoms with Crippen molar-refractivity contribution in [3.05, 3.63) is 46.9 Å². The number of hydrogen-bond acceptors (Lipinski definition) is 5. The molecule has 1 amide bonds. The highest BCUT2D eigenvalue weighted by Crippen LogP contribution is 2.29. The van der Waals surface area contributed by atoms with Crippen molar-refractivity contribution < 1.29 is 18.8 Å². The fourth-order valence-electron chi connectivity index (χ4n) is 2.57. The lowest BCUT2D eigenvalue weighted by Gasteiger charge is -2.15. The van der Waals surface area contributed by atoms with Crippen molar-refractivity contribution in [2.75, 3.05) is 20.3 Å². The van der Waals surface area contributed by atoms with Crippen molar-refractivity contribution in [1.29, 1.82) is 0 Å². The number of carbonyl (C=O) groups excluding carboxylic acids is 1. The summed E-state index contributed by atoms with van der Waals surface area (Å²) < 4.78 is 16.5. The summed E-state index contributed by atoms with van der Waals surface area (Å²) in [4.78, 5) is 14.0. The molecular weight excluding hydrogens is 344 g/mol. The molecule has 2 aromatic rings. The molecule has 0 aliphatic carbocycles. The fraction of sp³-hybridized carbons (Fsp3) is 0.429. The lowest BCUT2D eigenvalue weighted by atomic mass is 10.1. The smallest absolute Gasteiger partial charge is 0.246 e. The molecule has 6 nitrogen and oxygen atoms in total. The maximum absolute atomic E-state index is 12.4. The molecule has 0 aliphatic heterocycles. The number of aromatic nitrogens is 1. The lowest BCUT2D eigenvalue weighted by molar-refractivity contribution is -0.125. The summed E-state index contributed by atoms with van der Waals surface area (Å²) >= 11 is 0. The number of likely N-dealkylation sites (N-methyl/N-ethyl adjacent to an activating group) is 1. The number of rotatable bonds is 9. The van der Waals surface area contributed by atoms with Crippen LogP contribution < -0.4 is 9.47 Å². The molecule has 146 valence electrons. The first-order chi connectivity index (χ1) is 13.0. The molecular formula is C21H28N2O4. The average molecular weight is 372 g/mol. The van der Waals surface area contributed by atoms with Crippen molar-refractivity contribution in [2.45, 2.75) is 40.7 Å². The Labute approximate surface area is 160 Å². The highest BCUT2D eigenvalue weighted by molar-refractivity contribution is 5.91. The molecule has 1 aromatic heterocycles. The van der Waals surface area contributed by atoms with E-state index < -0.39 is 0 Å². The average Bonchev–Trinajstić information content (AvgIpc) is 2.97. The molecule has 0 radical (unpaired) electrons. The Hall–Kier alpha value is -2.76. The number of aryl methyl sites for hydroxylation is 2. The van der Waals surface area contributed by atoms with E-state index in [1.54, 1.807) is 24.1 Å². The summed E-state index contributed by atoms with van der Waals surface area (Å²) in [5, 5.41) is 3.92. The molecule has 0 spiro atoms. The zero-order valence-corrected chi connectivity index (χ0v) is 16.7. The molecule has 0 N–H and O–H groups in total. The second-order valence-electron chi connectivity index (χ2n) is 6.32. The third-order valence-corrected chi connectivity index (χ3v) is 4.10. The van der Waals surface area contributed by atoms with E-state index in [0.29, 0.717) is 25.5 Å². The standard InChI is InChI=1S/C21H28N2O4/c1-6-12-26-19-10-8-17(13-20(19)25-7-2)9-11-21(24)23(5)14-18-15(3)22-27-16(18)4/h8-11,13H,6-7,12,14H2,1-5H3/b11-9+. The minimum Gasteiger partial charge on any atom is -0.490 e. The molecule has 2 rings (SSSR count). The van der Waals surface area contributed by atoms with E-state index in [9.17, 15) is 4.79 Å². The van der Waals surface area contributed by atoms with Crippen LogP contribution in [0.2, 0.25) is 0 Å². The van der Waals surface area contributed by atoms with Gasteiger partial charge in [0, 0.05) is 18.7 Å². The topological polar surface area (TPSA) is 64.8 Å². The maximum atomic E-state index is 12.4. The van der Waals surface area contributed by atoms with Gasteiger partial charge < -0.3 is 18.9 Å². The Morgan fingerprint density at radius 3 is 2.63 bits per heavy atom. The Bertz CT molecular complexity index is 776. The van der Waals surface area contributed by atoms with Gasteiger partial charge in [0.1, 0.15) is 5.76 Å². The van der Waals surface area contributed by atoms with Gasteiger partial charge in [-0.3, -0.25) is 4.79 Å². The SMILES string of the molecule is CCCOc1ccc(/C=C/C(=O)N(C)Cc2c(C)noc2C)cc1OCC. The molecule has 0 atom stereocenters. The molecule has 0 aliphatic rings. The minimum absolute atomic E-state index is 0.0979. The zero-order valence-electron chi connectivity index (χ0n) is 16.7. The predicted octanol–water partition coefficient (Wildman–Crippen LogP) is 4.15. The van der Waals surface area contributed by atoms with Gasteiger partial charge in [0.25, 0.3) is 0 Å². The van der Waals surface area contributed by atoms with Crippen LogP contribution in [0.4, 0.5) is 0 Å². The maximum Gasteiger partial charge on any atom is 0.246 e. The van der Waals surface area contributed by atoms with Gasteiger partial charge in [-0.15, -0.1) is 0 Å². The number of hydrogen-bond donors (Lipinski definition) is 0. The Morgan fingerprint density at radius 1 is 1.22 bits per heavy atom. The van der Waals surface area contributed by atoms with Crippen LogP contribution in [0.5, 0.6) is 11.5 Å². The van der Waals surface area contributed by atoms with Gasteiger partial charge in [-0.05, 0) is 51.0 Å². The molecule has 0 fully saturated rings. The van der Waals surface area contributed by atoms with Gasteiger partial charge in [-0.25, -0.2) is 0 Å². The van der Waals surface area contributed by atoms with Gasteiger partial charge in [-0.2, -0.15) is 0 Å². The molecule has 0 bridgehead atoms. The summed E-state index contributed by atoms with van der Waals surface area (Å²) in [5.74, 6) is 2.04. The van der Waals surface area contributed by atoms with E-state index >= 15 is 0 Å². The van der Waals surface area contributed by atoms with Crippen molar-refractivity contribution in [3.8, 4) is 11.5 Å². The summed E-state index contributed by atoms with van der Waals surface area (Å²) in [6.07, 6.45) is 4.26. The van der Waals surface area contributed by atoms with E-state index in [0.717, 1.165) is 34.8 Å². The first kappa shape index (κ1) is 20.6. The normalized spacial score (nSPS) is 11.0. The van der Waals surface area contributed by atoms with Gasteiger partial charge in [-0.1, -0.05) is 18.1 Å². The van der Waals surface area contributed by atoms with Crippen molar-refractivity contribution in [3.63, 3.8) is 0 Å². The van der Waals surface area contributed by atoms with Gasteiger partial charge >= 0.3 is 0 Å². The molecule has 6 heteroatoms. The van der Waals surface area contributed by atoms with Crippen LogP contribution in [0.25, 0.3) is 6.08 Å². The Balaban J connectivity index is 2.07. The largest absolute Gasteiger partial charge is 0.490 e. The van der Waals surface area contributed by atoms with E-state index in [4.69, 9.17) is 14.0 Å². The van der Waals surface area contributed by atoms with Crippen LogP contribution >= 0.6 is 0 Å². The first-order valence-electron chi connectivity index (χ1n) is 9.20. The van der Waals surface area contributed by atoms with Crippen LogP contribution in [-0.4, -0.2) is 36.2 Å². The summed E-state index contributed by atoms with van der Waals surface area (Å²) in [7, 11) is 1.76. The monoisotopic (exact) mass is 372 g/mol. The van der Waals surface area contributed by atoms with E-state index in [2.05, 4.69) is 12.1 Å². The van der Waals surface area contributed by atoms with E-state index in [-0.39, 0.29) is 5.91 Å². The third-order valence-electron chi connectivity index (χ3n) is 4.10. The molecule has 0 saturated heterocycles. The highest BCUT2D eigenvalue weighted by Gasteiger charge is 2.14. The van der Waals surface area contributed by atoms with Crippen molar-refractivity contribution in [2.24, 2.45) is 0 Å². The molecule has 0 saturated carbocycles. The number of carbonyl (C=O) groups is 1. The van der Waals surface area contributed by atoms with Crippen LogP contribution in [0.3, 0.4) is 0 Å². The molecule has 1 heterocycles. The van der Waals surface area contributed by atoms with Crippen LogP contribution in [-0.2, 0) is 11.3 Å². The fourth-order valence-corrected chi connectivity index (χ4v) is 2.57. The van der Waals surface area contributed by atoms with Gasteiger partial charge in [0.2, 0.25) is 5.91 Å². The van der Waals surface area contributed by atoms with Crippen LogP contribution in [0.1, 0.15) is 42.8 Å². The number of ether oxygens (including phenoxy) is 2. The molecule has 27 heavy (non-hydrogen) atoms. The Kier molecular flexibility index (Phi) is 7.46. The quantitative estimate of drug-likeness (QED) is 0.619. The molecule has 1 aromatic carbocycles. The lowest BCUT2D eigenvalue weighted by Crippen LogP contribution is -2.24. The number of amides is 1. The number of nitrogens with zero attached hydrogens (tertiary/aromatic N) is 2. The summed E-state index contributed by atoms with van der Waals surface area (Å²) in [6, 6.07) is 5.66. The van der Waals surface area contributed by atoms with Crippen LogP contribution in [0, 0.1) is 13.8 Å². The van der Waals surface area contributed by atoms with Gasteiger partial charge in [0.05, 0.1) is 25.5 Å².